The normalized spacial score (nSPS) is 12.0. The highest BCUT2D eigenvalue weighted by molar-refractivity contribution is 5.14. The Morgan fingerprint density at radius 1 is 1.13 bits per heavy atom. The van der Waals surface area contributed by atoms with Gasteiger partial charge in [0.2, 0.25) is 5.89 Å². The van der Waals surface area contributed by atoms with Crippen molar-refractivity contribution in [3.05, 3.63) is 47.6 Å². The molecule has 5 nitrogen and oxygen atoms in total. The molecule has 0 saturated heterocycles. The van der Waals surface area contributed by atoms with E-state index in [1.165, 1.54) is 5.56 Å². The summed E-state index contributed by atoms with van der Waals surface area (Å²) in [7, 11) is 0. The number of hydrogen-bond donors (Lipinski definition) is 1. The van der Waals surface area contributed by atoms with Crippen LogP contribution in [-0.4, -0.2) is 40.9 Å². The molecule has 0 unspecified atom stereocenters. The van der Waals surface area contributed by atoms with Gasteiger partial charge in [0.05, 0.1) is 6.54 Å². The fraction of sp³-hybridized carbons (Fsp3) is 0.467. The number of rotatable bonds is 8. The minimum Gasteiger partial charge on any atom is -0.338 e. The lowest BCUT2D eigenvalue weighted by Gasteiger charge is -2.19. The minimum absolute atomic E-state index is 0.172. The van der Waals surface area contributed by atoms with Crippen molar-refractivity contribution in [2.24, 2.45) is 5.73 Å². The number of nitrogens with zero attached hydrogens (tertiary/aromatic N) is 3. The van der Waals surface area contributed by atoms with E-state index in [0.717, 1.165) is 6.42 Å². The number of aromatic nitrogens is 2. The van der Waals surface area contributed by atoms with Gasteiger partial charge < -0.3 is 10.3 Å². The number of halogens is 3. The largest absolute Gasteiger partial charge is 0.396 e. The molecule has 0 fully saturated rings. The Bertz CT molecular complexity index is 586. The van der Waals surface area contributed by atoms with Crippen LogP contribution in [0.25, 0.3) is 0 Å². The Morgan fingerprint density at radius 2 is 1.87 bits per heavy atom. The molecule has 0 saturated carbocycles. The molecule has 1 heterocycles. The van der Waals surface area contributed by atoms with Gasteiger partial charge in [-0.2, -0.15) is 18.2 Å². The van der Waals surface area contributed by atoms with E-state index < -0.39 is 12.6 Å². The van der Waals surface area contributed by atoms with Gasteiger partial charge in [0.15, 0.2) is 5.82 Å². The van der Waals surface area contributed by atoms with Crippen LogP contribution in [0.5, 0.6) is 0 Å². The molecule has 126 valence electrons. The summed E-state index contributed by atoms with van der Waals surface area (Å²) >= 11 is 0. The lowest BCUT2D eigenvalue weighted by atomic mass is 10.1. The van der Waals surface area contributed by atoms with Gasteiger partial charge in [-0.05, 0) is 12.0 Å². The summed E-state index contributed by atoms with van der Waals surface area (Å²) in [5.74, 6) is -0.172. The van der Waals surface area contributed by atoms with Crippen LogP contribution < -0.4 is 5.73 Å². The molecule has 0 spiro atoms. The molecule has 1 aromatic carbocycles. The average molecular weight is 328 g/mol. The third-order valence-corrected chi connectivity index (χ3v) is 3.23. The van der Waals surface area contributed by atoms with Gasteiger partial charge in [-0.15, -0.1) is 0 Å². The van der Waals surface area contributed by atoms with Crippen molar-refractivity contribution in [1.82, 2.24) is 15.0 Å². The summed E-state index contributed by atoms with van der Waals surface area (Å²) in [5, 5.41) is 3.37. The molecule has 2 N–H and O–H groups in total. The van der Waals surface area contributed by atoms with Crippen molar-refractivity contribution >= 4 is 0 Å². The van der Waals surface area contributed by atoms with Gasteiger partial charge in [0, 0.05) is 19.6 Å². The van der Waals surface area contributed by atoms with Crippen LogP contribution in [0.1, 0.15) is 17.3 Å². The smallest absolute Gasteiger partial charge is 0.338 e. The second-order valence-corrected chi connectivity index (χ2v) is 5.20. The molecule has 0 bridgehead atoms. The van der Waals surface area contributed by atoms with Crippen LogP contribution >= 0.6 is 0 Å². The van der Waals surface area contributed by atoms with E-state index in [-0.39, 0.29) is 18.3 Å². The highest BCUT2D eigenvalue weighted by atomic mass is 19.4. The van der Waals surface area contributed by atoms with E-state index in [2.05, 4.69) is 10.1 Å². The first-order valence-electron chi connectivity index (χ1n) is 7.31. The van der Waals surface area contributed by atoms with Gasteiger partial charge in [0.25, 0.3) is 0 Å². The van der Waals surface area contributed by atoms with E-state index in [9.17, 15) is 13.2 Å². The number of alkyl halides is 3. The van der Waals surface area contributed by atoms with Crippen LogP contribution in [0.2, 0.25) is 0 Å². The quantitative estimate of drug-likeness (QED) is 0.804. The second kappa shape index (κ2) is 8.07. The highest BCUT2D eigenvalue weighted by Crippen LogP contribution is 2.19. The van der Waals surface area contributed by atoms with Gasteiger partial charge in [-0.25, -0.2) is 0 Å². The first-order chi connectivity index (χ1) is 11.0. The average Bonchev–Trinajstić information content (AvgIpc) is 2.91. The van der Waals surface area contributed by atoms with Crippen molar-refractivity contribution in [1.29, 1.82) is 0 Å². The lowest BCUT2D eigenvalue weighted by Crippen LogP contribution is -2.31. The second-order valence-electron chi connectivity index (χ2n) is 5.20. The van der Waals surface area contributed by atoms with Gasteiger partial charge in [-0.3, -0.25) is 4.90 Å². The molecule has 1 aromatic heterocycles. The molecule has 0 radical (unpaired) electrons. The molecule has 0 amide bonds. The van der Waals surface area contributed by atoms with Crippen LogP contribution in [0.15, 0.2) is 34.9 Å². The molecule has 0 aliphatic rings. The van der Waals surface area contributed by atoms with E-state index >= 15 is 0 Å². The third-order valence-electron chi connectivity index (χ3n) is 3.23. The van der Waals surface area contributed by atoms with Crippen LogP contribution in [-0.2, 0) is 19.4 Å². The molecule has 2 aromatic rings. The number of nitrogens with two attached hydrogens (primary N) is 1. The minimum atomic E-state index is -4.34. The van der Waals surface area contributed by atoms with Crippen molar-refractivity contribution in [3.63, 3.8) is 0 Å². The number of hydrogen-bond acceptors (Lipinski definition) is 5. The van der Waals surface area contributed by atoms with E-state index in [1.54, 1.807) is 0 Å². The fourth-order valence-electron chi connectivity index (χ4n) is 2.18. The Labute approximate surface area is 132 Å². The number of benzene rings is 1. The molecule has 2 rings (SSSR count). The maximum absolute atomic E-state index is 12.3. The van der Waals surface area contributed by atoms with E-state index in [1.807, 2.05) is 35.2 Å². The summed E-state index contributed by atoms with van der Waals surface area (Å²) in [5.41, 5.74) is 6.76. The van der Waals surface area contributed by atoms with Gasteiger partial charge >= 0.3 is 6.18 Å². The molecule has 0 aliphatic heterocycles. The predicted octanol–water partition coefficient (Wildman–Crippen LogP) is 2.18. The molecule has 0 aliphatic carbocycles. The maximum Gasteiger partial charge on any atom is 0.396 e. The summed E-state index contributed by atoms with van der Waals surface area (Å²) in [6.45, 7) is 2.04. The Morgan fingerprint density at radius 3 is 2.52 bits per heavy atom. The van der Waals surface area contributed by atoms with E-state index in [4.69, 9.17) is 10.3 Å². The molecule has 8 heteroatoms. The van der Waals surface area contributed by atoms with Crippen molar-refractivity contribution in [2.75, 3.05) is 19.6 Å². The predicted molar refractivity (Wildman–Crippen MR) is 78.5 cm³/mol. The van der Waals surface area contributed by atoms with Crippen molar-refractivity contribution in [2.45, 2.75) is 25.6 Å². The summed E-state index contributed by atoms with van der Waals surface area (Å²) < 4.78 is 41.8. The zero-order valence-electron chi connectivity index (χ0n) is 12.6. The maximum atomic E-state index is 12.3. The molecular formula is C15H19F3N4O. The molecule has 0 atom stereocenters. The van der Waals surface area contributed by atoms with Crippen LogP contribution in [0, 0.1) is 0 Å². The zero-order valence-corrected chi connectivity index (χ0v) is 12.6. The summed E-state index contributed by atoms with van der Waals surface area (Å²) in [4.78, 5) is 5.78. The lowest BCUT2D eigenvalue weighted by molar-refractivity contribution is -0.128. The topological polar surface area (TPSA) is 68.2 Å². The van der Waals surface area contributed by atoms with Gasteiger partial charge in [-0.1, -0.05) is 35.5 Å². The third kappa shape index (κ3) is 6.37. The standard InChI is InChI=1S/C15H19F3N4O/c16-15(17,18)10-13-20-14(23-21-13)11-22(9-7-19)8-6-12-4-2-1-3-5-12/h1-5H,6-11,19H2. The SMILES string of the molecule is NCCN(CCc1ccccc1)Cc1nc(CC(F)(F)F)no1. The van der Waals surface area contributed by atoms with Crippen molar-refractivity contribution < 1.29 is 17.7 Å². The Hall–Kier alpha value is -1.93. The van der Waals surface area contributed by atoms with Crippen molar-refractivity contribution in [3.8, 4) is 0 Å². The summed E-state index contributed by atoms with van der Waals surface area (Å²) in [6.07, 6.45) is -4.72. The zero-order chi connectivity index (χ0) is 16.7. The van der Waals surface area contributed by atoms with Gasteiger partial charge in [0.1, 0.15) is 6.42 Å². The van der Waals surface area contributed by atoms with E-state index in [0.29, 0.717) is 19.6 Å². The fourth-order valence-corrected chi connectivity index (χ4v) is 2.18. The van der Waals surface area contributed by atoms with Crippen LogP contribution in [0.4, 0.5) is 13.2 Å². The highest BCUT2D eigenvalue weighted by Gasteiger charge is 2.30. The first kappa shape index (κ1) is 17.4. The Balaban J connectivity index is 1.91. The Kier molecular flexibility index (Phi) is 6.12. The molecule has 23 heavy (non-hydrogen) atoms. The first-order valence-corrected chi connectivity index (χ1v) is 7.31. The molecular weight excluding hydrogens is 309 g/mol. The monoisotopic (exact) mass is 328 g/mol. The summed E-state index contributed by atoms with van der Waals surface area (Å²) in [6, 6.07) is 9.92. The van der Waals surface area contributed by atoms with Crippen LogP contribution in [0.3, 0.4) is 0 Å².